The van der Waals surface area contributed by atoms with Crippen LogP contribution in [0.25, 0.3) is 0 Å². The lowest BCUT2D eigenvalue weighted by atomic mass is 9.95. The van der Waals surface area contributed by atoms with E-state index in [-0.39, 0.29) is 5.91 Å². The zero-order valence-corrected chi connectivity index (χ0v) is 9.27. The summed E-state index contributed by atoms with van der Waals surface area (Å²) in [4.78, 5) is 11.6. The lowest BCUT2D eigenvalue weighted by Gasteiger charge is -2.17. The summed E-state index contributed by atoms with van der Waals surface area (Å²) < 4.78 is 0. The van der Waals surface area contributed by atoms with Crippen molar-refractivity contribution >= 4 is 23.2 Å². The smallest absolute Gasteiger partial charge is 0.229 e. The molecule has 0 aromatic heterocycles. The maximum Gasteiger partial charge on any atom is 0.229 e. The zero-order valence-electron chi connectivity index (χ0n) is 8.52. The van der Waals surface area contributed by atoms with Crippen LogP contribution in [-0.2, 0) is 4.79 Å². The molecule has 0 fully saturated rings. The Morgan fingerprint density at radius 3 is 2.64 bits per heavy atom. The van der Waals surface area contributed by atoms with Crippen molar-refractivity contribution in [3.8, 4) is 0 Å². The summed E-state index contributed by atoms with van der Waals surface area (Å²) in [6.45, 7) is 5.58. The van der Waals surface area contributed by atoms with E-state index in [4.69, 9.17) is 11.6 Å². The topological polar surface area (TPSA) is 29.1 Å². The van der Waals surface area contributed by atoms with Crippen molar-refractivity contribution in [3.05, 3.63) is 29.3 Å². The van der Waals surface area contributed by atoms with Crippen LogP contribution in [-0.4, -0.2) is 5.91 Å². The highest BCUT2D eigenvalue weighted by atomic mass is 35.5. The van der Waals surface area contributed by atoms with Gasteiger partial charge in [0.05, 0.1) is 5.02 Å². The maximum atomic E-state index is 11.6. The predicted octanol–water partition coefficient (Wildman–Crippen LogP) is 3.12. The highest BCUT2D eigenvalue weighted by Crippen LogP contribution is 2.19. The van der Waals surface area contributed by atoms with Crippen LogP contribution in [0.15, 0.2) is 18.2 Å². The number of amides is 1. The molecular weight excluding hydrogens is 198 g/mol. The second-order valence-electron chi connectivity index (χ2n) is 4.13. The largest absolute Gasteiger partial charge is 0.326 e. The molecule has 1 aromatic rings. The number of carbonyl (C=O) groups is 1. The van der Waals surface area contributed by atoms with Crippen LogP contribution in [0.2, 0.25) is 5.02 Å². The zero-order chi connectivity index (χ0) is 10.8. The summed E-state index contributed by atoms with van der Waals surface area (Å²) in [5, 5.41) is 3.28. The first-order valence-electron chi connectivity index (χ1n) is 4.38. The molecule has 0 aliphatic carbocycles. The molecule has 0 atom stereocenters. The Balaban J connectivity index is 2.75. The van der Waals surface area contributed by atoms with Gasteiger partial charge in [0.2, 0.25) is 5.91 Å². The minimum Gasteiger partial charge on any atom is -0.326 e. The number of carbonyl (C=O) groups excluding carboxylic acids is 1. The van der Waals surface area contributed by atoms with Crippen molar-refractivity contribution in [2.24, 2.45) is 5.41 Å². The van der Waals surface area contributed by atoms with Crippen LogP contribution in [0.4, 0.5) is 5.69 Å². The van der Waals surface area contributed by atoms with Crippen LogP contribution in [0.3, 0.4) is 0 Å². The van der Waals surface area contributed by atoms with Crippen LogP contribution in [0, 0.1) is 11.5 Å². The molecule has 1 N–H and O–H groups in total. The van der Waals surface area contributed by atoms with Crippen molar-refractivity contribution < 1.29 is 4.79 Å². The molecule has 1 rings (SSSR count). The number of anilines is 1. The van der Waals surface area contributed by atoms with Gasteiger partial charge in [-0.3, -0.25) is 4.79 Å². The number of hydrogen-bond donors (Lipinski definition) is 1. The Morgan fingerprint density at radius 1 is 1.50 bits per heavy atom. The van der Waals surface area contributed by atoms with Gasteiger partial charge in [-0.1, -0.05) is 38.4 Å². The number of hydrogen-bond acceptors (Lipinski definition) is 1. The van der Waals surface area contributed by atoms with Crippen molar-refractivity contribution in [1.29, 1.82) is 0 Å². The minimum atomic E-state index is -0.397. The first-order chi connectivity index (χ1) is 6.39. The van der Waals surface area contributed by atoms with E-state index in [1.807, 2.05) is 20.8 Å². The van der Waals surface area contributed by atoms with Gasteiger partial charge in [-0.15, -0.1) is 0 Å². The van der Waals surface area contributed by atoms with Crippen LogP contribution in [0.5, 0.6) is 0 Å². The standard InChI is InChI=1S/C11H13ClNO/c1-11(2,3)10(14)13-9-6-4-5-8(12)7-9/h4,6-7H,1-3H3,(H,13,14). The first-order valence-corrected chi connectivity index (χ1v) is 4.76. The van der Waals surface area contributed by atoms with E-state index in [0.717, 1.165) is 0 Å². The van der Waals surface area contributed by atoms with Gasteiger partial charge in [-0.05, 0) is 12.1 Å². The molecule has 3 heteroatoms. The molecule has 0 saturated heterocycles. The third kappa shape index (κ3) is 3.04. The highest BCUT2D eigenvalue weighted by Gasteiger charge is 2.20. The average Bonchev–Trinajstić information content (AvgIpc) is 2.02. The summed E-state index contributed by atoms with van der Waals surface area (Å²) in [7, 11) is 0. The lowest BCUT2D eigenvalue weighted by Crippen LogP contribution is -2.27. The van der Waals surface area contributed by atoms with Crippen molar-refractivity contribution in [2.45, 2.75) is 20.8 Å². The monoisotopic (exact) mass is 210 g/mol. The summed E-state index contributed by atoms with van der Waals surface area (Å²) in [6, 6.07) is 7.91. The predicted molar refractivity (Wildman–Crippen MR) is 58.4 cm³/mol. The molecule has 1 aromatic carbocycles. The van der Waals surface area contributed by atoms with Crippen molar-refractivity contribution in [2.75, 3.05) is 5.32 Å². The molecule has 0 heterocycles. The van der Waals surface area contributed by atoms with Gasteiger partial charge in [-0.25, -0.2) is 0 Å². The molecule has 75 valence electrons. The second-order valence-corrected chi connectivity index (χ2v) is 4.54. The molecule has 0 saturated carbocycles. The Morgan fingerprint density at radius 2 is 2.14 bits per heavy atom. The Kier molecular flexibility index (Phi) is 3.17. The molecule has 2 nitrogen and oxygen atoms in total. The quantitative estimate of drug-likeness (QED) is 0.758. The molecule has 0 spiro atoms. The van der Waals surface area contributed by atoms with Crippen molar-refractivity contribution in [1.82, 2.24) is 0 Å². The summed E-state index contributed by atoms with van der Waals surface area (Å²) in [5.74, 6) is -0.0280. The minimum absolute atomic E-state index is 0.0280. The fraction of sp³-hybridized carbons (Fsp3) is 0.364. The SMILES string of the molecule is CC(C)(C)C(=O)Nc1cc[c]c(Cl)c1. The average molecular weight is 211 g/mol. The Labute approximate surface area is 89.3 Å². The van der Waals surface area contributed by atoms with Gasteiger partial charge < -0.3 is 5.32 Å². The van der Waals surface area contributed by atoms with Gasteiger partial charge in [0.25, 0.3) is 0 Å². The van der Waals surface area contributed by atoms with Gasteiger partial charge >= 0.3 is 0 Å². The number of benzene rings is 1. The third-order valence-electron chi connectivity index (χ3n) is 1.71. The Hall–Kier alpha value is -1.02. The molecule has 0 aliphatic rings. The fourth-order valence-electron chi connectivity index (χ4n) is 0.834. The lowest BCUT2D eigenvalue weighted by molar-refractivity contribution is -0.123. The third-order valence-corrected chi connectivity index (χ3v) is 1.92. The van der Waals surface area contributed by atoms with E-state index in [9.17, 15) is 4.79 Å². The van der Waals surface area contributed by atoms with E-state index < -0.39 is 5.41 Å². The van der Waals surface area contributed by atoms with Gasteiger partial charge in [0.1, 0.15) is 0 Å². The number of rotatable bonds is 1. The Bertz CT molecular complexity index is 341. The highest BCUT2D eigenvalue weighted by molar-refractivity contribution is 6.30. The van der Waals surface area contributed by atoms with Gasteiger partial charge in [-0.2, -0.15) is 0 Å². The van der Waals surface area contributed by atoms with E-state index in [1.165, 1.54) is 0 Å². The van der Waals surface area contributed by atoms with Crippen LogP contribution >= 0.6 is 11.6 Å². The molecule has 1 amide bonds. The number of nitrogens with one attached hydrogen (secondary N) is 1. The van der Waals surface area contributed by atoms with E-state index in [2.05, 4.69) is 11.4 Å². The van der Waals surface area contributed by atoms with E-state index in [1.54, 1.807) is 18.2 Å². The summed E-state index contributed by atoms with van der Waals surface area (Å²) >= 11 is 5.74. The first kappa shape index (κ1) is 11.1. The molecule has 0 aliphatic heterocycles. The fourth-order valence-corrected chi connectivity index (χ4v) is 1.01. The van der Waals surface area contributed by atoms with Crippen molar-refractivity contribution in [3.63, 3.8) is 0 Å². The molecule has 0 bridgehead atoms. The maximum absolute atomic E-state index is 11.6. The summed E-state index contributed by atoms with van der Waals surface area (Å²) in [6.07, 6.45) is 0. The molecule has 1 radical (unpaired) electrons. The second kappa shape index (κ2) is 4.01. The molecule has 0 unspecified atom stereocenters. The van der Waals surface area contributed by atoms with Gasteiger partial charge in [0, 0.05) is 17.2 Å². The molecule has 14 heavy (non-hydrogen) atoms. The number of halogens is 1. The van der Waals surface area contributed by atoms with E-state index in [0.29, 0.717) is 10.7 Å². The van der Waals surface area contributed by atoms with E-state index >= 15 is 0 Å². The van der Waals surface area contributed by atoms with Crippen LogP contribution < -0.4 is 5.32 Å². The summed E-state index contributed by atoms with van der Waals surface area (Å²) in [5.41, 5.74) is 0.306. The molecular formula is C11H13ClNO. The van der Waals surface area contributed by atoms with Gasteiger partial charge in [0.15, 0.2) is 0 Å². The van der Waals surface area contributed by atoms with Crippen LogP contribution in [0.1, 0.15) is 20.8 Å². The normalized spacial score (nSPS) is 11.1.